The standard InChI is InChI=1S/C3H3O.2Ni/c1-2-3-4;;/h2H,1H2;;. The van der Waals surface area contributed by atoms with Crippen molar-refractivity contribution in [2.75, 3.05) is 0 Å². The maximum absolute atomic E-state index is 9.53. The predicted octanol–water partition coefficient (Wildman–Crippen LogP) is 0.243. The van der Waals surface area contributed by atoms with E-state index < -0.39 is 0 Å². The van der Waals surface area contributed by atoms with Crippen LogP contribution in [0.25, 0.3) is 0 Å². The first-order chi connectivity index (χ1) is 2.27. The molecule has 0 aliphatic rings. The average Bonchev–Trinajstić information content (AvgIpc) is 1.38. The molecular weight excluding hydrogens is 169 g/mol. The Balaban J connectivity index is 0. The smallest absolute Gasteiger partial charge is 0 e. The molecule has 0 aromatic carbocycles. The molecule has 0 aromatic rings. The van der Waals surface area contributed by atoms with Gasteiger partial charge >= 0.3 is 37.7 Å². The van der Waals surface area contributed by atoms with E-state index in [0.29, 0.717) is 0 Å². The normalized spacial score (nSPS) is 5.67. The van der Waals surface area contributed by atoms with Gasteiger partial charge in [0.15, 0.2) is 0 Å². The van der Waals surface area contributed by atoms with E-state index in [0.717, 1.165) is 6.08 Å². The van der Waals surface area contributed by atoms with Crippen LogP contribution in [0.3, 0.4) is 0 Å². The third-order valence-corrected chi connectivity index (χ3v) is 0.349. The van der Waals surface area contributed by atoms with Crippen molar-refractivity contribution < 1.29 is 36.8 Å². The summed E-state index contributed by atoms with van der Waals surface area (Å²) in [5.74, 6) is 0. The molecule has 0 amide bonds. The molecule has 0 N–H and O–H groups in total. The molecule has 0 saturated carbocycles. The summed E-state index contributed by atoms with van der Waals surface area (Å²) in [6.45, 7) is 3.12. The first kappa shape index (κ1) is 9.64. The van der Waals surface area contributed by atoms with Crippen molar-refractivity contribution in [1.29, 1.82) is 0 Å². The van der Waals surface area contributed by atoms with Gasteiger partial charge in [-0.15, -0.1) is 0 Å². The Morgan fingerprint density at radius 1 is 1.83 bits per heavy atom. The Labute approximate surface area is 54.5 Å². The van der Waals surface area contributed by atoms with Crippen molar-refractivity contribution >= 4 is 4.75 Å². The summed E-state index contributed by atoms with van der Waals surface area (Å²) in [5.41, 5.74) is 0. The second-order valence-corrected chi connectivity index (χ2v) is 0.965. The summed E-state index contributed by atoms with van der Waals surface area (Å²) in [6.07, 6.45) is 1.11. The second kappa shape index (κ2) is 5.40. The fourth-order valence-electron chi connectivity index (χ4n) is 0. The van der Waals surface area contributed by atoms with Crippen molar-refractivity contribution in [2.24, 2.45) is 0 Å². The molecule has 0 spiro atoms. The zero-order valence-electron chi connectivity index (χ0n) is 2.83. The van der Waals surface area contributed by atoms with Crippen LogP contribution >= 0.6 is 0 Å². The van der Waals surface area contributed by atoms with Crippen molar-refractivity contribution in [2.45, 2.75) is 0 Å². The second-order valence-electron chi connectivity index (χ2n) is 0.478. The molecule has 0 fully saturated rings. The minimum absolute atomic E-state index is 0. The number of allylic oxidation sites excluding steroid dienone is 1. The fraction of sp³-hybridized carbons (Fsp3) is 0. The molecule has 3 heteroatoms. The van der Waals surface area contributed by atoms with Crippen molar-refractivity contribution in [3.63, 3.8) is 0 Å². The Hall–Kier alpha value is 0.397. The van der Waals surface area contributed by atoms with Crippen LogP contribution in [-0.4, -0.2) is 4.75 Å². The maximum Gasteiger partial charge on any atom is 0 e. The van der Waals surface area contributed by atoms with Gasteiger partial charge in [0.25, 0.3) is 0 Å². The van der Waals surface area contributed by atoms with Gasteiger partial charge in [-0.25, -0.2) is 0 Å². The number of rotatable bonds is 1. The van der Waals surface area contributed by atoms with Crippen LogP contribution in [-0.2, 0) is 36.8 Å². The van der Waals surface area contributed by atoms with Crippen molar-refractivity contribution in [1.82, 2.24) is 0 Å². The molecule has 0 rings (SSSR count). The molecule has 0 aliphatic carbocycles. The largest absolute Gasteiger partial charge is 0 e. The van der Waals surface area contributed by atoms with Crippen molar-refractivity contribution in [3.8, 4) is 0 Å². The van der Waals surface area contributed by atoms with E-state index in [1.165, 1.54) is 0 Å². The van der Waals surface area contributed by atoms with Gasteiger partial charge in [-0.2, -0.15) is 0 Å². The molecule has 0 aliphatic heterocycles. The first-order valence-electron chi connectivity index (χ1n) is 1.06. The number of carbonyl (C=O) groups is 1. The molecule has 0 unspecified atom stereocenters. The van der Waals surface area contributed by atoms with Crippen LogP contribution in [0.2, 0.25) is 0 Å². The molecule has 0 bridgehead atoms. The Morgan fingerprint density at radius 2 is 2.00 bits per heavy atom. The summed E-state index contributed by atoms with van der Waals surface area (Å²) in [7, 11) is 0. The zero-order valence-corrected chi connectivity index (χ0v) is 4.80. The molecule has 0 aromatic heterocycles. The third kappa shape index (κ3) is 8.83. The fourth-order valence-corrected chi connectivity index (χ4v) is 0. The minimum atomic E-state index is -0.356. The molecule has 0 atom stereocenters. The first-order valence-corrected chi connectivity index (χ1v) is 1.55. The third-order valence-electron chi connectivity index (χ3n) is 0.148. The van der Waals surface area contributed by atoms with E-state index in [-0.39, 0.29) is 21.2 Å². The van der Waals surface area contributed by atoms with Crippen LogP contribution in [0.5, 0.6) is 0 Å². The van der Waals surface area contributed by atoms with Crippen LogP contribution < -0.4 is 0 Å². The summed E-state index contributed by atoms with van der Waals surface area (Å²) in [5, 5.41) is 0. The summed E-state index contributed by atoms with van der Waals surface area (Å²) < 4.78 is -0.356. The molecule has 6 heavy (non-hydrogen) atoms. The summed E-state index contributed by atoms with van der Waals surface area (Å²) >= 11 is 3.77. The maximum atomic E-state index is 9.53. The van der Waals surface area contributed by atoms with Gasteiger partial charge in [0.1, 0.15) is 0 Å². The molecule has 0 saturated heterocycles. The van der Waals surface area contributed by atoms with E-state index in [1.807, 2.05) is 0 Å². The van der Waals surface area contributed by atoms with E-state index in [9.17, 15) is 4.79 Å². The Bertz CT molecular complexity index is 59.8. The van der Waals surface area contributed by atoms with Gasteiger partial charge in [-0.3, -0.25) is 0 Å². The summed E-state index contributed by atoms with van der Waals surface area (Å²) in [6, 6.07) is 0. The topological polar surface area (TPSA) is 17.1 Å². The van der Waals surface area contributed by atoms with Gasteiger partial charge in [0.05, 0.1) is 0 Å². The molecule has 0 radical (unpaired) electrons. The molecular formula is C3H3Ni2O. The monoisotopic (exact) mass is 171 g/mol. The van der Waals surface area contributed by atoms with Crippen LogP contribution in [0.4, 0.5) is 0 Å². The molecule has 1 nitrogen and oxygen atoms in total. The average molecular weight is 172 g/mol. The van der Waals surface area contributed by atoms with Gasteiger partial charge in [0.2, 0.25) is 0 Å². The van der Waals surface area contributed by atoms with Gasteiger partial charge in [-0.05, 0) is 0 Å². The minimum Gasteiger partial charge on any atom is 0 e. The van der Waals surface area contributed by atoms with Gasteiger partial charge in [0, 0.05) is 16.5 Å². The number of hydrogen-bond acceptors (Lipinski definition) is 1. The SMILES string of the molecule is C=C[C](=O)[Ni].[Ni]. The van der Waals surface area contributed by atoms with E-state index in [2.05, 4.69) is 22.0 Å². The van der Waals surface area contributed by atoms with Gasteiger partial charge < -0.3 is 0 Å². The van der Waals surface area contributed by atoms with E-state index in [4.69, 9.17) is 0 Å². The van der Waals surface area contributed by atoms with E-state index >= 15 is 0 Å². The van der Waals surface area contributed by atoms with Crippen LogP contribution in [0.15, 0.2) is 12.7 Å². The number of hydrogen-bond donors (Lipinski definition) is 0. The molecule has 0 heterocycles. The Morgan fingerprint density at radius 3 is 2.00 bits per heavy atom. The Kier molecular flexibility index (Phi) is 8.67. The van der Waals surface area contributed by atoms with E-state index in [1.54, 1.807) is 0 Å². The van der Waals surface area contributed by atoms with Gasteiger partial charge in [-0.1, -0.05) is 0 Å². The van der Waals surface area contributed by atoms with Crippen molar-refractivity contribution in [3.05, 3.63) is 12.7 Å². The summed E-state index contributed by atoms with van der Waals surface area (Å²) in [4.78, 5) is 9.53. The number of carbonyl (C=O) groups excluding carboxylic acids is 1. The van der Waals surface area contributed by atoms with Crippen LogP contribution in [0.1, 0.15) is 0 Å². The van der Waals surface area contributed by atoms with Crippen LogP contribution in [0, 0.1) is 0 Å². The quantitative estimate of drug-likeness (QED) is 0.409. The predicted molar refractivity (Wildman–Crippen MR) is 15.2 cm³/mol. The zero-order chi connectivity index (χ0) is 4.28. The molecule has 41 valence electrons.